The number of methoxy groups -OCH3 is 1. The minimum Gasteiger partial charge on any atom is -0.497 e. The third-order valence-electron chi connectivity index (χ3n) is 5.15. The number of carbonyl (C=O) groups is 1. The highest BCUT2D eigenvalue weighted by atomic mass is 35.5. The molecule has 1 amide bonds. The van der Waals surface area contributed by atoms with E-state index in [1.54, 1.807) is 13.2 Å². The number of nitrogens with one attached hydrogen (secondary N) is 1. The summed E-state index contributed by atoms with van der Waals surface area (Å²) in [5.74, 6) is 0.853. The number of nitrogens with zero attached hydrogens (tertiary/aromatic N) is 3. The minimum atomic E-state index is -0.0151. The second-order valence-corrected chi connectivity index (χ2v) is 7.53. The Labute approximate surface area is 175 Å². The van der Waals surface area contributed by atoms with Crippen LogP contribution in [0.1, 0.15) is 16.1 Å². The lowest BCUT2D eigenvalue weighted by molar-refractivity contribution is 0.0622. The molecule has 3 aromatic rings. The number of halogens is 1. The van der Waals surface area contributed by atoms with Crippen LogP contribution in [0.3, 0.4) is 0 Å². The van der Waals surface area contributed by atoms with E-state index in [9.17, 15) is 4.79 Å². The topological polar surface area (TPSA) is 61.5 Å². The first-order chi connectivity index (χ1) is 14.1. The molecule has 150 valence electrons. The smallest absolute Gasteiger partial charge is 0.271 e. The molecule has 0 aliphatic carbocycles. The van der Waals surface area contributed by atoms with E-state index in [-0.39, 0.29) is 5.91 Å². The molecule has 0 unspecified atom stereocenters. The molecular weight excluding hydrogens is 388 g/mol. The SMILES string of the molecule is COc1cccc(CN2CCN(C(=O)c3cc(-c4ccc(Cl)cc4)n[nH]3)CC2)c1. The van der Waals surface area contributed by atoms with Crippen LogP contribution in [0, 0.1) is 0 Å². The summed E-state index contributed by atoms with van der Waals surface area (Å²) in [5.41, 5.74) is 3.39. The number of carbonyl (C=O) groups excluding carboxylic acids is 1. The number of amides is 1. The summed E-state index contributed by atoms with van der Waals surface area (Å²) in [6.07, 6.45) is 0. The molecular formula is C22H23ClN4O2. The van der Waals surface area contributed by atoms with Gasteiger partial charge in [0.15, 0.2) is 0 Å². The zero-order chi connectivity index (χ0) is 20.2. The number of aromatic amines is 1. The number of H-pyrrole nitrogens is 1. The van der Waals surface area contributed by atoms with Gasteiger partial charge in [0.05, 0.1) is 12.8 Å². The van der Waals surface area contributed by atoms with E-state index in [1.807, 2.05) is 41.3 Å². The summed E-state index contributed by atoms with van der Waals surface area (Å²) >= 11 is 5.94. The van der Waals surface area contributed by atoms with Crippen molar-refractivity contribution < 1.29 is 9.53 Å². The molecule has 1 fully saturated rings. The summed E-state index contributed by atoms with van der Waals surface area (Å²) in [7, 11) is 1.68. The van der Waals surface area contributed by atoms with Gasteiger partial charge >= 0.3 is 0 Å². The Morgan fingerprint density at radius 3 is 2.59 bits per heavy atom. The lowest BCUT2D eigenvalue weighted by Gasteiger charge is -2.34. The van der Waals surface area contributed by atoms with E-state index in [1.165, 1.54) is 5.56 Å². The zero-order valence-corrected chi connectivity index (χ0v) is 17.0. The van der Waals surface area contributed by atoms with Crippen molar-refractivity contribution in [3.8, 4) is 17.0 Å². The maximum atomic E-state index is 12.8. The maximum absolute atomic E-state index is 12.8. The largest absolute Gasteiger partial charge is 0.497 e. The summed E-state index contributed by atoms with van der Waals surface area (Å²) in [6, 6.07) is 17.3. The van der Waals surface area contributed by atoms with Crippen LogP contribution in [0.5, 0.6) is 5.75 Å². The molecule has 7 heteroatoms. The standard InChI is InChI=1S/C22H23ClN4O2/c1-29-19-4-2-3-16(13-19)15-26-9-11-27(12-10-26)22(28)21-14-20(24-25-21)17-5-7-18(23)8-6-17/h2-8,13-14H,9-12,15H2,1H3,(H,24,25). The Bertz CT molecular complexity index is 978. The molecule has 0 radical (unpaired) electrons. The average Bonchev–Trinajstić information content (AvgIpc) is 3.25. The van der Waals surface area contributed by atoms with Crippen LogP contribution in [0.4, 0.5) is 0 Å². The zero-order valence-electron chi connectivity index (χ0n) is 16.3. The van der Waals surface area contributed by atoms with Gasteiger partial charge in [0, 0.05) is 43.3 Å². The normalized spacial score (nSPS) is 14.8. The molecule has 0 bridgehead atoms. The first-order valence-corrected chi connectivity index (χ1v) is 9.96. The summed E-state index contributed by atoms with van der Waals surface area (Å²) in [6.45, 7) is 3.91. The second-order valence-electron chi connectivity index (χ2n) is 7.09. The van der Waals surface area contributed by atoms with Gasteiger partial charge in [0.1, 0.15) is 11.4 Å². The molecule has 1 aliphatic heterocycles. The molecule has 0 saturated carbocycles. The number of benzene rings is 2. The van der Waals surface area contributed by atoms with Gasteiger partial charge in [-0.1, -0.05) is 35.9 Å². The Morgan fingerprint density at radius 1 is 1.10 bits per heavy atom. The van der Waals surface area contributed by atoms with E-state index in [0.29, 0.717) is 23.8 Å². The van der Waals surface area contributed by atoms with Crippen LogP contribution in [0.15, 0.2) is 54.6 Å². The van der Waals surface area contributed by atoms with Crippen LogP contribution >= 0.6 is 11.6 Å². The molecule has 29 heavy (non-hydrogen) atoms. The number of piperazine rings is 1. The van der Waals surface area contributed by atoms with Crippen molar-refractivity contribution in [2.75, 3.05) is 33.3 Å². The van der Waals surface area contributed by atoms with Gasteiger partial charge in [0.25, 0.3) is 5.91 Å². The Hall–Kier alpha value is -2.83. The van der Waals surface area contributed by atoms with Gasteiger partial charge in [-0.3, -0.25) is 14.8 Å². The predicted molar refractivity (Wildman–Crippen MR) is 113 cm³/mol. The fourth-order valence-corrected chi connectivity index (χ4v) is 3.63. The van der Waals surface area contributed by atoms with Gasteiger partial charge < -0.3 is 9.64 Å². The fraction of sp³-hybridized carbons (Fsp3) is 0.273. The maximum Gasteiger partial charge on any atom is 0.271 e. The fourth-order valence-electron chi connectivity index (χ4n) is 3.51. The van der Waals surface area contributed by atoms with E-state index in [0.717, 1.165) is 36.6 Å². The molecule has 1 N–H and O–H groups in total. The number of hydrogen-bond donors (Lipinski definition) is 1. The number of ether oxygens (including phenoxy) is 1. The summed E-state index contributed by atoms with van der Waals surface area (Å²) in [4.78, 5) is 17.1. The predicted octanol–water partition coefficient (Wildman–Crippen LogP) is 3.70. The van der Waals surface area contributed by atoms with Crippen molar-refractivity contribution in [2.45, 2.75) is 6.54 Å². The van der Waals surface area contributed by atoms with Crippen LogP contribution in [-0.4, -0.2) is 59.2 Å². The van der Waals surface area contributed by atoms with Crippen molar-refractivity contribution in [3.05, 3.63) is 70.9 Å². The summed E-state index contributed by atoms with van der Waals surface area (Å²) in [5, 5.41) is 7.83. The molecule has 6 nitrogen and oxygen atoms in total. The van der Waals surface area contributed by atoms with Crippen LogP contribution in [-0.2, 0) is 6.54 Å². The van der Waals surface area contributed by atoms with Crippen molar-refractivity contribution in [1.29, 1.82) is 0 Å². The molecule has 0 atom stereocenters. The minimum absolute atomic E-state index is 0.0151. The third kappa shape index (κ3) is 4.60. The number of rotatable bonds is 5. The third-order valence-corrected chi connectivity index (χ3v) is 5.40. The lowest BCUT2D eigenvalue weighted by Crippen LogP contribution is -2.48. The number of hydrogen-bond acceptors (Lipinski definition) is 4. The van der Waals surface area contributed by atoms with E-state index < -0.39 is 0 Å². The summed E-state index contributed by atoms with van der Waals surface area (Å²) < 4.78 is 5.29. The molecule has 2 heterocycles. The van der Waals surface area contributed by atoms with Crippen LogP contribution in [0.25, 0.3) is 11.3 Å². The highest BCUT2D eigenvalue weighted by Gasteiger charge is 2.23. The van der Waals surface area contributed by atoms with E-state index in [2.05, 4.69) is 27.2 Å². The van der Waals surface area contributed by atoms with Crippen molar-refractivity contribution >= 4 is 17.5 Å². The van der Waals surface area contributed by atoms with Crippen molar-refractivity contribution in [1.82, 2.24) is 20.0 Å². The highest BCUT2D eigenvalue weighted by molar-refractivity contribution is 6.30. The Balaban J connectivity index is 1.35. The van der Waals surface area contributed by atoms with Crippen molar-refractivity contribution in [2.24, 2.45) is 0 Å². The van der Waals surface area contributed by atoms with Gasteiger partial charge in [-0.2, -0.15) is 5.10 Å². The average molecular weight is 411 g/mol. The van der Waals surface area contributed by atoms with Gasteiger partial charge in [-0.05, 0) is 35.9 Å². The van der Waals surface area contributed by atoms with Crippen LogP contribution in [0.2, 0.25) is 5.02 Å². The quantitative estimate of drug-likeness (QED) is 0.696. The molecule has 2 aromatic carbocycles. The van der Waals surface area contributed by atoms with Crippen LogP contribution < -0.4 is 4.74 Å². The molecule has 1 aromatic heterocycles. The first kappa shape index (κ1) is 19.5. The molecule has 1 saturated heterocycles. The highest BCUT2D eigenvalue weighted by Crippen LogP contribution is 2.21. The lowest BCUT2D eigenvalue weighted by atomic mass is 10.1. The number of aromatic nitrogens is 2. The molecule has 4 rings (SSSR count). The van der Waals surface area contributed by atoms with Gasteiger partial charge in [-0.25, -0.2) is 0 Å². The second kappa shape index (κ2) is 8.68. The van der Waals surface area contributed by atoms with Gasteiger partial charge in [0.2, 0.25) is 0 Å². The monoisotopic (exact) mass is 410 g/mol. The van der Waals surface area contributed by atoms with Gasteiger partial charge in [-0.15, -0.1) is 0 Å². The first-order valence-electron chi connectivity index (χ1n) is 9.58. The Morgan fingerprint density at radius 2 is 1.86 bits per heavy atom. The van der Waals surface area contributed by atoms with E-state index in [4.69, 9.17) is 16.3 Å². The Kier molecular flexibility index (Phi) is 5.83. The molecule has 0 spiro atoms. The van der Waals surface area contributed by atoms with Crippen molar-refractivity contribution in [3.63, 3.8) is 0 Å². The van der Waals surface area contributed by atoms with E-state index >= 15 is 0 Å². The molecule has 1 aliphatic rings.